The summed E-state index contributed by atoms with van der Waals surface area (Å²) in [6.45, 7) is 5.14. The predicted molar refractivity (Wildman–Crippen MR) is 126 cm³/mol. The average molecular weight is 432 g/mol. The fraction of sp³-hybridized carbons (Fsp3) is 0.240. The highest BCUT2D eigenvalue weighted by Gasteiger charge is 2.21. The van der Waals surface area contributed by atoms with Crippen molar-refractivity contribution in [2.24, 2.45) is 0 Å². The second kappa shape index (κ2) is 9.71. The summed E-state index contributed by atoms with van der Waals surface area (Å²) in [4.78, 5) is 24.1. The van der Waals surface area contributed by atoms with Crippen LogP contribution in [-0.2, 0) is 24.2 Å². The van der Waals surface area contributed by atoms with Crippen molar-refractivity contribution in [1.29, 1.82) is 0 Å². The van der Waals surface area contributed by atoms with E-state index in [1.54, 1.807) is 28.6 Å². The van der Waals surface area contributed by atoms with E-state index in [2.05, 4.69) is 24.0 Å². The Morgan fingerprint density at radius 1 is 1.03 bits per heavy atom. The number of aryl methyl sites for hydroxylation is 1. The van der Waals surface area contributed by atoms with Gasteiger partial charge in [-0.1, -0.05) is 42.5 Å². The number of benzene rings is 2. The molecule has 4 aromatic rings. The first-order valence-electron chi connectivity index (χ1n) is 10.5. The molecule has 6 heteroatoms. The number of pyridine rings is 1. The molecule has 158 valence electrons. The van der Waals surface area contributed by atoms with Crippen molar-refractivity contribution in [3.8, 4) is 5.75 Å². The van der Waals surface area contributed by atoms with Gasteiger partial charge >= 0.3 is 0 Å². The van der Waals surface area contributed by atoms with Crippen LogP contribution >= 0.6 is 11.3 Å². The molecule has 0 spiro atoms. The van der Waals surface area contributed by atoms with Crippen LogP contribution in [0, 0.1) is 0 Å². The minimum absolute atomic E-state index is 0.00258. The molecule has 0 bridgehead atoms. The third-order valence-corrected chi connectivity index (χ3v) is 6.08. The second-order valence-corrected chi connectivity index (χ2v) is 8.26. The number of hydrogen-bond donors (Lipinski definition) is 0. The Morgan fingerprint density at radius 2 is 1.84 bits per heavy atom. The number of rotatable bonds is 8. The molecule has 1 amide bonds. The summed E-state index contributed by atoms with van der Waals surface area (Å²) in [6.07, 6.45) is 4.79. The van der Waals surface area contributed by atoms with Crippen molar-refractivity contribution >= 4 is 32.6 Å². The molecule has 0 saturated heterocycles. The molecular weight excluding hydrogens is 406 g/mol. The van der Waals surface area contributed by atoms with Crippen molar-refractivity contribution in [2.45, 2.75) is 33.2 Å². The zero-order valence-corrected chi connectivity index (χ0v) is 18.6. The van der Waals surface area contributed by atoms with Crippen LogP contribution in [0.2, 0.25) is 0 Å². The summed E-state index contributed by atoms with van der Waals surface area (Å²) in [5.41, 5.74) is 4.10. The fourth-order valence-corrected chi connectivity index (χ4v) is 4.41. The summed E-state index contributed by atoms with van der Waals surface area (Å²) in [6, 6.07) is 17.8. The Morgan fingerprint density at radius 3 is 2.55 bits per heavy atom. The summed E-state index contributed by atoms with van der Waals surface area (Å²) >= 11 is 1.56. The smallest absolute Gasteiger partial charge is 0.233 e. The maximum absolute atomic E-state index is 13.4. The SMILES string of the molecule is CCOc1ccc(CC(=O)N(Cc2cccnc2)c2nc3ccc(CC)cc3s2)cc1. The first kappa shape index (κ1) is 21.0. The van der Waals surface area contributed by atoms with E-state index in [1.165, 1.54) is 5.56 Å². The summed E-state index contributed by atoms with van der Waals surface area (Å²) in [7, 11) is 0. The topological polar surface area (TPSA) is 55.3 Å². The Labute approximate surface area is 186 Å². The maximum Gasteiger partial charge on any atom is 0.233 e. The molecular formula is C25H25N3O2S. The van der Waals surface area contributed by atoms with Crippen LogP contribution < -0.4 is 9.64 Å². The molecule has 0 saturated carbocycles. The molecule has 0 fully saturated rings. The van der Waals surface area contributed by atoms with Gasteiger partial charge in [0.1, 0.15) is 5.75 Å². The van der Waals surface area contributed by atoms with Crippen LogP contribution in [-0.4, -0.2) is 22.5 Å². The van der Waals surface area contributed by atoms with Crippen molar-refractivity contribution in [1.82, 2.24) is 9.97 Å². The Bertz CT molecular complexity index is 1160. The van der Waals surface area contributed by atoms with Gasteiger partial charge in [-0.25, -0.2) is 4.98 Å². The number of aromatic nitrogens is 2. The van der Waals surface area contributed by atoms with E-state index in [0.29, 0.717) is 24.7 Å². The van der Waals surface area contributed by atoms with Crippen LogP contribution in [0.25, 0.3) is 10.2 Å². The first-order chi connectivity index (χ1) is 15.2. The number of amides is 1. The third kappa shape index (κ3) is 5.09. The molecule has 0 aliphatic rings. The Balaban J connectivity index is 1.62. The minimum atomic E-state index is 0.00258. The monoisotopic (exact) mass is 431 g/mol. The van der Waals surface area contributed by atoms with Crippen LogP contribution in [0.15, 0.2) is 67.0 Å². The number of thiazole rings is 1. The lowest BCUT2D eigenvalue weighted by Gasteiger charge is -2.20. The van der Waals surface area contributed by atoms with Gasteiger partial charge in [-0.05, 0) is 60.4 Å². The first-order valence-corrected chi connectivity index (χ1v) is 11.3. The highest BCUT2D eigenvalue weighted by molar-refractivity contribution is 7.22. The third-order valence-electron chi connectivity index (χ3n) is 5.03. The molecule has 2 heterocycles. The molecule has 0 atom stereocenters. The molecule has 0 radical (unpaired) electrons. The van der Waals surface area contributed by atoms with Gasteiger partial charge in [-0.15, -0.1) is 0 Å². The molecule has 0 aliphatic heterocycles. The normalized spacial score (nSPS) is 10.9. The quantitative estimate of drug-likeness (QED) is 0.373. The van der Waals surface area contributed by atoms with Crippen LogP contribution in [0.1, 0.15) is 30.5 Å². The van der Waals surface area contributed by atoms with Crippen LogP contribution in [0.5, 0.6) is 5.75 Å². The fourth-order valence-electron chi connectivity index (χ4n) is 3.37. The summed E-state index contributed by atoms with van der Waals surface area (Å²) in [5.74, 6) is 0.812. The second-order valence-electron chi connectivity index (χ2n) is 7.25. The Kier molecular flexibility index (Phi) is 6.57. The number of carbonyl (C=O) groups excluding carboxylic acids is 1. The van der Waals surface area contributed by atoms with Gasteiger partial charge in [-0.3, -0.25) is 14.7 Å². The van der Waals surface area contributed by atoms with Gasteiger partial charge in [0.05, 0.1) is 29.8 Å². The number of anilines is 1. The maximum atomic E-state index is 13.4. The van der Waals surface area contributed by atoms with E-state index in [4.69, 9.17) is 9.72 Å². The molecule has 2 aromatic carbocycles. The van der Waals surface area contributed by atoms with Gasteiger partial charge in [-0.2, -0.15) is 0 Å². The molecule has 0 unspecified atom stereocenters. The highest BCUT2D eigenvalue weighted by Crippen LogP contribution is 2.31. The van der Waals surface area contributed by atoms with Crippen molar-refractivity contribution in [3.63, 3.8) is 0 Å². The number of nitrogens with zero attached hydrogens (tertiary/aromatic N) is 3. The minimum Gasteiger partial charge on any atom is -0.494 e. The molecule has 4 rings (SSSR count). The van der Waals surface area contributed by atoms with Crippen LogP contribution in [0.4, 0.5) is 5.13 Å². The zero-order chi connectivity index (χ0) is 21.6. The lowest BCUT2D eigenvalue weighted by atomic mass is 10.1. The van der Waals surface area contributed by atoms with Gasteiger partial charge in [0.2, 0.25) is 5.91 Å². The van der Waals surface area contributed by atoms with E-state index >= 15 is 0 Å². The number of carbonyl (C=O) groups is 1. The number of hydrogen-bond acceptors (Lipinski definition) is 5. The lowest BCUT2D eigenvalue weighted by Crippen LogP contribution is -2.31. The van der Waals surface area contributed by atoms with Crippen molar-refractivity contribution < 1.29 is 9.53 Å². The average Bonchev–Trinajstić information content (AvgIpc) is 3.22. The lowest BCUT2D eigenvalue weighted by molar-refractivity contribution is -0.118. The zero-order valence-electron chi connectivity index (χ0n) is 17.7. The molecule has 0 aliphatic carbocycles. The molecule has 0 N–H and O–H groups in total. The predicted octanol–water partition coefficient (Wildman–Crippen LogP) is 5.43. The summed E-state index contributed by atoms with van der Waals surface area (Å²) < 4.78 is 6.60. The Hall–Kier alpha value is -3.25. The number of ether oxygens (including phenoxy) is 1. The standard InChI is InChI=1S/C25H25N3O2S/c1-3-18-9-12-22-23(14-18)31-25(27-22)28(17-20-6-5-13-26-16-20)24(29)15-19-7-10-21(11-8-19)30-4-2/h5-14,16H,3-4,15,17H2,1-2H3. The molecule has 31 heavy (non-hydrogen) atoms. The highest BCUT2D eigenvalue weighted by atomic mass is 32.1. The van der Waals surface area contributed by atoms with Crippen molar-refractivity contribution in [2.75, 3.05) is 11.5 Å². The largest absolute Gasteiger partial charge is 0.494 e. The van der Waals surface area contributed by atoms with E-state index in [-0.39, 0.29) is 5.91 Å². The molecule has 2 aromatic heterocycles. The van der Waals surface area contributed by atoms with Crippen molar-refractivity contribution in [3.05, 3.63) is 83.7 Å². The van der Waals surface area contributed by atoms with E-state index in [9.17, 15) is 4.79 Å². The van der Waals surface area contributed by atoms with E-state index in [1.807, 2.05) is 49.4 Å². The van der Waals surface area contributed by atoms with Gasteiger partial charge < -0.3 is 4.74 Å². The van der Waals surface area contributed by atoms with E-state index in [0.717, 1.165) is 33.5 Å². The van der Waals surface area contributed by atoms with Crippen LogP contribution in [0.3, 0.4) is 0 Å². The van der Waals surface area contributed by atoms with Gasteiger partial charge in [0.15, 0.2) is 5.13 Å². The van der Waals surface area contributed by atoms with Gasteiger partial charge in [0.25, 0.3) is 0 Å². The van der Waals surface area contributed by atoms with Gasteiger partial charge in [0, 0.05) is 12.4 Å². The molecule has 5 nitrogen and oxygen atoms in total. The number of fused-ring (bicyclic) bond motifs is 1. The van der Waals surface area contributed by atoms with E-state index < -0.39 is 0 Å². The summed E-state index contributed by atoms with van der Waals surface area (Å²) in [5, 5.41) is 0.711.